The number of guanidine groups is 1. The van der Waals surface area contributed by atoms with E-state index in [-0.39, 0.29) is 5.54 Å². The molecule has 2 aromatic carbocycles. The van der Waals surface area contributed by atoms with E-state index >= 15 is 0 Å². The number of likely N-dealkylation sites (N-methyl/N-ethyl adjacent to an activating group) is 1. The van der Waals surface area contributed by atoms with Crippen LogP contribution in [-0.4, -0.2) is 23.9 Å². The molecule has 3 heteroatoms. The Bertz CT molecular complexity index is 642. The summed E-state index contributed by atoms with van der Waals surface area (Å²) < 4.78 is 0. The standard InChI is InChI=1S/C16H19N3/c1-3-19-15(17)18-11-16(19,2)14-10-6-8-12-7-4-5-9-13(12)14/h4-10H,3,11H2,1-2H3,(H2,17,18). The fraction of sp³-hybridized carbons (Fsp3) is 0.312. The maximum Gasteiger partial charge on any atom is 0.192 e. The summed E-state index contributed by atoms with van der Waals surface area (Å²) in [6.45, 7) is 5.94. The van der Waals surface area contributed by atoms with E-state index < -0.39 is 0 Å². The summed E-state index contributed by atoms with van der Waals surface area (Å²) in [7, 11) is 0. The first-order valence-corrected chi connectivity index (χ1v) is 6.72. The van der Waals surface area contributed by atoms with Crippen molar-refractivity contribution < 1.29 is 0 Å². The Balaban J connectivity index is 2.20. The van der Waals surface area contributed by atoms with Gasteiger partial charge >= 0.3 is 0 Å². The number of nitrogens with two attached hydrogens (primary N) is 1. The van der Waals surface area contributed by atoms with Gasteiger partial charge in [0.25, 0.3) is 0 Å². The smallest absolute Gasteiger partial charge is 0.192 e. The predicted octanol–water partition coefficient (Wildman–Crippen LogP) is 2.71. The Morgan fingerprint density at radius 3 is 2.74 bits per heavy atom. The van der Waals surface area contributed by atoms with Crippen molar-refractivity contribution in [1.82, 2.24) is 4.90 Å². The van der Waals surface area contributed by atoms with Crippen LogP contribution in [0.3, 0.4) is 0 Å². The third kappa shape index (κ3) is 1.69. The normalized spacial score (nSPS) is 22.8. The molecule has 0 bridgehead atoms. The minimum Gasteiger partial charge on any atom is -0.370 e. The highest BCUT2D eigenvalue weighted by Crippen LogP contribution is 2.36. The van der Waals surface area contributed by atoms with Crippen LogP contribution in [0.1, 0.15) is 19.4 Å². The van der Waals surface area contributed by atoms with Gasteiger partial charge in [-0.05, 0) is 30.2 Å². The van der Waals surface area contributed by atoms with Gasteiger partial charge in [0.15, 0.2) is 5.96 Å². The number of rotatable bonds is 2. The van der Waals surface area contributed by atoms with Crippen LogP contribution in [-0.2, 0) is 5.54 Å². The molecule has 0 radical (unpaired) electrons. The third-order valence-electron chi connectivity index (χ3n) is 4.11. The molecule has 0 aromatic heterocycles. The molecular formula is C16H19N3. The third-order valence-corrected chi connectivity index (χ3v) is 4.11. The number of aliphatic imine (C=N–C) groups is 1. The van der Waals surface area contributed by atoms with Gasteiger partial charge in [-0.1, -0.05) is 42.5 Å². The van der Waals surface area contributed by atoms with Gasteiger partial charge in [-0.3, -0.25) is 4.99 Å². The van der Waals surface area contributed by atoms with Crippen molar-refractivity contribution in [2.75, 3.05) is 13.1 Å². The zero-order chi connectivity index (χ0) is 13.5. The second-order valence-electron chi connectivity index (χ2n) is 5.22. The molecule has 1 aliphatic rings. The van der Waals surface area contributed by atoms with Gasteiger partial charge in [-0.15, -0.1) is 0 Å². The fourth-order valence-electron chi connectivity index (χ4n) is 3.10. The van der Waals surface area contributed by atoms with E-state index in [1.54, 1.807) is 0 Å². The van der Waals surface area contributed by atoms with Crippen LogP contribution >= 0.6 is 0 Å². The van der Waals surface area contributed by atoms with E-state index in [0.717, 1.165) is 13.1 Å². The quantitative estimate of drug-likeness (QED) is 0.894. The molecule has 19 heavy (non-hydrogen) atoms. The van der Waals surface area contributed by atoms with Gasteiger partial charge in [0.1, 0.15) is 0 Å². The minimum atomic E-state index is -0.139. The van der Waals surface area contributed by atoms with Crippen LogP contribution in [0, 0.1) is 0 Å². The molecule has 2 N–H and O–H groups in total. The summed E-state index contributed by atoms with van der Waals surface area (Å²) in [5.41, 5.74) is 7.19. The van der Waals surface area contributed by atoms with E-state index in [2.05, 4.69) is 66.2 Å². The van der Waals surface area contributed by atoms with Crippen molar-refractivity contribution in [3.63, 3.8) is 0 Å². The molecule has 0 fully saturated rings. The topological polar surface area (TPSA) is 41.6 Å². The molecule has 0 saturated heterocycles. The van der Waals surface area contributed by atoms with Crippen LogP contribution in [0.25, 0.3) is 10.8 Å². The molecule has 3 rings (SSSR count). The zero-order valence-electron chi connectivity index (χ0n) is 11.4. The van der Waals surface area contributed by atoms with Gasteiger partial charge in [0.05, 0.1) is 12.1 Å². The maximum absolute atomic E-state index is 6.02. The highest BCUT2D eigenvalue weighted by molar-refractivity contribution is 5.88. The van der Waals surface area contributed by atoms with Gasteiger partial charge < -0.3 is 10.6 Å². The van der Waals surface area contributed by atoms with E-state index in [0.29, 0.717) is 5.96 Å². The summed E-state index contributed by atoms with van der Waals surface area (Å²) in [5.74, 6) is 0.651. The molecule has 0 saturated carbocycles. The van der Waals surface area contributed by atoms with E-state index in [9.17, 15) is 0 Å². The fourth-order valence-corrected chi connectivity index (χ4v) is 3.10. The van der Waals surface area contributed by atoms with Crippen molar-refractivity contribution in [3.05, 3.63) is 48.0 Å². The molecule has 1 atom stereocenters. The number of nitrogens with zero attached hydrogens (tertiary/aromatic N) is 2. The van der Waals surface area contributed by atoms with Gasteiger partial charge in [-0.2, -0.15) is 0 Å². The predicted molar refractivity (Wildman–Crippen MR) is 80.2 cm³/mol. The van der Waals surface area contributed by atoms with E-state index in [4.69, 9.17) is 5.73 Å². The van der Waals surface area contributed by atoms with Crippen LogP contribution in [0.15, 0.2) is 47.5 Å². The summed E-state index contributed by atoms with van der Waals surface area (Å²) >= 11 is 0. The number of hydrogen-bond acceptors (Lipinski definition) is 3. The number of benzene rings is 2. The lowest BCUT2D eigenvalue weighted by atomic mass is 9.87. The second-order valence-corrected chi connectivity index (χ2v) is 5.22. The summed E-state index contributed by atoms with van der Waals surface area (Å²) in [5, 5.41) is 2.55. The highest BCUT2D eigenvalue weighted by Gasteiger charge is 2.39. The second kappa shape index (κ2) is 4.26. The molecule has 98 valence electrons. The summed E-state index contributed by atoms with van der Waals surface area (Å²) in [6.07, 6.45) is 0. The maximum atomic E-state index is 6.02. The average Bonchev–Trinajstić information content (AvgIpc) is 2.74. The Morgan fingerprint density at radius 2 is 1.95 bits per heavy atom. The molecule has 1 unspecified atom stereocenters. The molecule has 0 amide bonds. The first-order valence-electron chi connectivity index (χ1n) is 6.72. The zero-order valence-corrected chi connectivity index (χ0v) is 11.4. The van der Waals surface area contributed by atoms with E-state index in [1.165, 1.54) is 16.3 Å². The van der Waals surface area contributed by atoms with Crippen molar-refractivity contribution in [2.45, 2.75) is 19.4 Å². The van der Waals surface area contributed by atoms with Crippen molar-refractivity contribution in [1.29, 1.82) is 0 Å². The molecule has 1 aliphatic heterocycles. The molecule has 2 aromatic rings. The van der Waals surface area contributed by atoms with Crippen LogP contribution < -0.4 is 5.73 Å². The number of fused-ring (bicyclic) bond motifs is 1. The summed E-state index contributed by atoms with van der Waals surface area (Å²) in [6, 6.07) is 15.0. The first-order chi connectivity index (χ1) is 9.16. The largest absolute Gasteiger partial charge is 0.370 e. The van der Waals surface area contributed by atoms with E-state index in [1.807, 2.05) is 0 Å². The monoisotopic (exact) mass is 253 g/mol. The molecular weight excluding hydrogens is 234 g/mol. The summed E-state index contributed by atoms with van der Waals surface area (Å²) in [4.78, 5) is 6.63. The Hall–Kier alpha value is -2.03. The molecule has 3 nitrogen and oxygen atoms in total. The molecule has 0 spiro atoms. The average molecular weight is 253 g/mol. The first kappa shape index (κ1) is 12.0. The Morgan fingerprint density at radius 1 is 1.21 bits per heavy atom. The minimum absolute atomic E-state index is 0.139. The Kier molecular flexibility index (Phi) is 2.70. The van der Waals surface area contributed by atoms with Crippen molar-refractivity contribution in [3.8, 4) is 0 Å². The lowest BCUT2D eigenvalue weighted by molar-refractivity contribution is 0.237. The highest BCUT2D eigenvalue weighted by atomic mass is 15.3. The van der Waals surface area contributed by atoms with Crippen molar-refractivity contribution >= 4 is 16.7 Å². The van der Waals surface area contributed by atoms with Gasteiger partial charge in [0, 0.05) is 6.54 Å². The Labute approximate surface area is 113 Å². The number of hydrogen-bond donors (Lipinski definition) is 1. The van der Waals surface area contributed by atoms with Gasteiger partial charge in [0.2, 0.25) is 0 Å². The molecule has 1 heterocycles. The lowest BCUT2D eigenvalue weighted by Crippen LogP contribution is -2.47. The lowest BCUT2D eigenvalue weighted by Gasteiger charge is -2.36. The van der Waals surface area contributed by atoms with Gasteiger partial charge in [-0.25, -0.2) is 0 Å². The van der Waals surface area contributed by atoms with Crippen LogP contribution in [0.2, 0.25) is 0 Å². The van der Waals surface area contributed by atoms with Crippen LogP contribution in [0.4, 0.5) is 0 Å². The van der Waals surface area contributed by atoms with Crippen LogP contribution in [0.5, 0.6) is 0 Å². The van der Waals surface area contributed by atoms with Crippen molar-refractivity contribution in [2.24, 2.45) is 10.7 Å². The molecule has 0 aliphatic carbocycles. The SMILES string of the molecule is CCN1C(N)=NCC1(C)c1cccc2ccccc12.